The molecule has 3 aromatic rings. The van der Waals surface area contributed by atoms with E-state index >= 15 is 0 Å². The fraction of sp³-hybridized carbons (Fsp3) is 0. The van der Waals surface area contributed by atoms with E-state index < -0.39 is 0 Å². The molecule has 0 aromatic heterocycles. The van der Waals surface area contributed by atoms with Crippen molar-refractivity contribution in [2.45, 2.75) is 9.79 Å². The van der Waals surface area contributed by atoms with Gasteiger partial charge in [0.2, 0.25) is 0 Å². The van der Waals surface area contributed by atoms with Crippen LogP contribution in [0.25, 0.3) is 11.1 Å². The van der Waals surface area contributed by atoms with Crippen molar-refractivity contribution in [1.29, 1.82) is 0 Å². The van der Waals surface area contributed by atoms with Crippen molar-refractivity contribution < 1.29 is 0 Å². The topological polar surface area (TPSA) is 52.0 Å². The number of nitrogen functional groups attached to an aromatic ring is 2. The zero-order valence-corrected chi connectivity index (χ0v) is 12.3. The molecule has 3 heteroatoms. The molecule has 0 aliphatic heterocycles. The van der Waals surface area contributed by atoms with Crippen LogP contribution < -0.4 is 11.5 Å². The van der Waals surface area contributed by atoms with E-state index in [1.54, 1.807) is 11.8 Å². The Kier molecular flexibility index (Phi) is 3.84. The molecule has 0 radical (unpaired) electrons. The molecule has 0 fully saturated rings. The van der Waals surface area contributed by atoms with Crippen molar-refractivity contribution in [3.05, 3.63) is 72.8 Å². The van der Waals surface area contributed by atoms with E-state index in [2.05, 4.69) is 18.2 Å². The Hall–Kier alpha value is -2.39. The van der Waals surface area contributed by atoms with E-state index in [1.165, 1.54) is 4.90 Å². The molecule has 0 saturated carbocycles. The molecule has 4 N–H and O–H groups in total. The molecule has 0 saturated heterocycles. The summed E-state index contributed by atoms with van der Waals surface area (Å²) >= 11 is 1.70. The van der Waals surface area contributed by atoms with Crippen LogP contribution in [0.2, 0.25) is 0 Å². The molecular weight excluding hydrogens is 276 g/mol. The Morgan fingerprint density at radius 2 is 1.24 bits per heavy atom. The molecule has 0 aliphatic rings. The molecule has 104 valence electrons. The predicted molar refractivity (Wildman–Crippen MR) is 91.3 cm³/mol. The van der Waals surface area contributed by atoms with Crippen LogP contribution in [0.5, 0.6) is 0 Å². The van der Waals surface area contributed by atoms with Gasteiger partial charge in [-0.05, 0) is 30.3 Å². The lowest BCUT2D eigenvalue weighted by molar-refractivity contribution is 1.41. The fourth-order valence-electron chi connectivity index (χ4n) is 2.22. The summed E-state index contributed by atoms with van der Waals surface area (Å²) in [7, 11) is 0. The largest absolute Gasteiger partial charge is 0.398 e. The highest BCUT2D eigenvalue weighted by Gasteiger charge is 2.07. The summed E-state index contributed by atoms with van der Waals surface area (Å²) in [6, 6.07) is 24.1. The van der Waals surface area contributed by atoms with Crippen LogP contribution in [-0.4, -0.2) is 0 Å². The molecule has 0 aliphatic carbocycles. The summed E-state index contributed by atoms with van der Waals surface area (Å²) in [6.07, 6.45) is 0. The zero-order valence-electron chi connectivity index (χ0n) is 11.5. The molecule has 3 rings (SSSR count). The third-order valence-electron chi connectivity index (χ3n) is 3.25. The molecule has 3 aromatic carbocycles. The van der Waals surface area contributed by atoms with Gasteiger partial charge in [0, 0.05) is 32.3 Å². The Balaban J connectivity index is 1.92. The third-order valence-corrected chi connectivity index (χ3v) is 4.25. The normalized spacial score (nSPS) is 10.5. The van der Waals surface area contributed by atoms with Crippen molar-refractivity contribution in [2.75, 3.05) is 11.5 Å². The summed E-state index contributed by atoms with van der Waals surface area (Å²) in [5, 5.41) is 0. The second-order valence-corrected chi connectivity index (χ2v) is 5.90. The van der Waals surface area contributed by atoms with Crippen molar-refractivity contribution in [1.82, 2.24) is 0 Å². The Bertz CT molecular complexity index is 754. The number of nitrogens with two attached hydrogens (primary N) is 2. The van der Waals surface area contributed by atoms with Crippen molar-refractivity contribution >= 4 is 23.1 Å². The van der Waals surface area contributed by atoms with Crippen LogP contribution in [-0.2, 0) is 0 Å². The minimum absolute atomic E-state index is 0.743. The number of hydrogen-bond donors (Lipinski definition) is 2. The molecule has 0 unspecified atom stereocenters. The first-order valence-corrected chi connectivity index (χ1v) is 7.53. The summed E-state index contributed by atoms with van der Waals surface area (Å²) in [5.41, 5.74) is 15.7. The molecule has 0 heterocycles. The van der Waals surface area contributed by atoms with Crippen LogP contribution in [0.3, 0.4) is 0 Å². The van der Waals surface area contributed by atoms with Gasteiger partial charge in [-0.3, -0.25) is 0 Å². The summed E-state index contributed by atoms with van der Waals surface area (Å²) in [5.74, 6) is 0. The summed E-state index contributed by atoms with van der Waals surface area (Å²) < 4.78 is 0. The average molecular weight is 292 g/mol. The number of rotatable bonds is 3. The van der Waals surface area contributed by atoms with Gasteiger partial charge >= 0.3 is 0 Å². The number of hydrogen-bond acceptors (Lipinski definition) is 3. The molecular formula is C18H16N2S. The second kappa shape index (κ2) is 5.94. The van der Waals surface area contributed by atoms with Gasteiger partial charge in [0.25, 0.3) is 0 Å². The van der Waals surface area contributed by atoms with Gasteiger partial charge in [-0.2, -0.15) is 0 Å². The van der Waals surface area contributed by atoms with E-state index in [9.17, 15) is 0 Å². The summed E-state index contributed by atoms with van der Waals surface area (Å²) in [6.45, 7) is 0. The van der Waals surface area contributed by atoms with E-state index in [4.69, 9.17) is 11.5 Å². The van der Waals surface area contributed by atoms with Crippen LogP contribution in [0.1, 0.15) is 0 Å². The Morgan fingerprint density at radius 3 is 1.95 bits per heavy atom. The highest BCUT2D eigenvalue weighted by atomic mass is 32.2. The van der Waals surface area contributed by atoms with Crippen molar-refractivity contribution in [3.8, 4) is 11.1 Å². The second-order valence-electron chi connectivity index (χ2n) is 4.75. The number of anilines is 2. The van der Waals surface area contributed by atoms with Crippen LogP contribution in [0, 0.1) is 0 Å². The number of benzene rings is 3. The molecule has 0 spiro atoms. The maximum atomic E-state index is 6.21. The lowest BCUT2D eigenvalue weighted by Crippen LogP contribution is -1.94. The first-order chi connectivity index (χ1) is 10.2. The van der Waals surface area contributed by atoms with Crippen molar-refractivity contribution in [3.63, 3.8) is 0 Å². The predicted octanol–water partition coefficient (Wildman–Crippen LogP) is 4.67. The molecule has 0 bridgehead atoms. The highest BCUT2D eigenvalue weighted by molar-refractivity contribution is 7.99. The van der Waals surface area contributed by atoms with E-state index in [-0.39, 0.29) is 0 Å². The highest BCUT2D eigenvalue weighted by Crippen LogP contribution is 2.35. The van der Waals surface area contributed by atoms with Gasteiger partial charge in [0.1, 0.15) is 0 Å². The smallest absolute Gasteiger partial charge is 0.0405 e. The van der Waals surface area contributed by atoms with Gasteiger partial charge in [0.05, 0.1) is 0 Å². The van der Waals surface area contributed by atoms with Crippen LogP contribution >= 0.6 is 11.8 Å². The minimum Gasteiger partial charge on any atom is -0.398 e. The first-order valence-electron chi connectivity index (χ1n) is 6.71. The third kappa shape index (κ3) is 3.03. The lowest BCUT2D eigenvalue weighted by atomic mass is 10.0. The zero-order chi connectivity index (χ0) is 14.7. The first kappa shape index (κ1) is 13.6. The van der Waals surface area contributed by atoms with E-state index in [0.29, 0.717) is 0 Å². The maximum Gasteiger partial charge on any atom is 0.0405 e. The Morgan fingerprint density at radius 1 is 0.571 bits per heavy atom. The van der Waals surface area contributed by atoms with Gasteiger partial charge in [-0.25, -0.2) is 0 Å². The Labute approximate surface area is 128 Å². The van der Waals surface area contributed by atoms with E-state index in [0.717, 1.165) is 27.4 Å². The lowest BCUT2D eigenvalue weighted by Gasteiger charge is -2.10. The maximum absolute atomic E-state index is 6.21. The van der Waals surface area contributed by atoms with E-state index in [1.807, 2.05) is 54.6 Å². The standard InChI is InChI=1S/C18H16N2S/c19-17-9-5-4-8-15(17)16-11-10-14(12-18(16)20)21-13-6-2-1-3-7-13/h1-12H,19-20H2. The molecule has 0 amide bonds. The monoisotopic (exact) mass is 292 g/mol. The van der Waals surface area contributed by atoms with Gasteiger partial charge in [-0.15, -0.1) is 0 Å². The quantitative estimate of drug-likeness (QED) is 0.690. The molecule has 2 nitrogen and oxygen atoms in total. The number of para-hydroxylation sites is 1. The SMILES string of the molecule is Nc1ccccc1-c1ccc(Sc2ccccc2)cc1N. The fourth-order valence-corrected chi connectivity index (χ4v) is 3.10. The molecule has 0 atom stereocenters. The van der Waals surface area contributed by atoms with Gasteiger partial charge in [0.15, 0.2) is 0 Å². The average Bonchev–Trinajstić information content (AvgIpc) is 2.50. The van der Waals surface area contributed by atoms with Crippen molar-refractivity contribution in [2.24, 2.45) is 0 Å². The summed E-state index contributed by atoms with van der Waals surface area (Å²) in [4.78, 5) is 2.32. The van der Waals surface area contributed by atoms with Crippen LogP contribution in [0.4, 0.5) is 11.4 Å². The van der Waals surface area contributed by atoms with Gasteiger partial charge < -0.3 is 11.5 Å². The minimum atomic E-state index is 0.743. The van der Waals surface area contributed by atoms with Gasteiger partial charge in [-0.1, -0.05) is 54.2 Å². The molecule has 21 heavy (non-hydrogen) atoms. The van der Waals surface area contributed by atoms with Crippen LogP contribution in [0.15, 0.2) is 82.6 Å².